The fourth-order valence-corrected chi connectivity index (χ4v) is 4.10. The van der Waals surface area contributed by atoms with E-state index in [0.717, 1.165) is 0 Å². The summed E-state index contributed by atoms with van der Waals surface area (Å²) in [5, 5.41) is 3.86. The number of hydrogen-bond donors (Lipinski definition) is 1. The smallest absolute Gasteiger partial charge is 0.229 e. The highest BCUT2D eigenvalue weighted by Gasteiger charge is 2.30. The van der Waals surface area contributed by atoms with E-state index in [1.807, 2.05) is 0 Å². The van der Waals surface area contributed by atoms with Crippen LogP contribution >= 0.6 is 23.2 Å². The van der Waals surface area contributed by atoms with Crippen LogP contribution in [0.15, 0.2) is 82.8 Å². The van der Waals surface area contributed by atoms with E-state index in [0.29, 0.717) is 10.8 Å². The fraction of sp³-hybridized carbons (Fsp3) is 0.0476. The van der Waals surface area contributed by atoms with Crippen molar-refractivity contribution in [1.82, 2.24) is 0 Å². The highest BCUT2D eigenvalue weighted by Crippen LogP contribution is 2.26. The summed E-state index contributed by atoms with van der Waals surface area (Å²) < 4.78 is 31.4. The molecule has 0 atom stereocenters. The Morgan fingerprint density at radius 1 is 0.967 bits per heavy atom. The van der Waals surface area contributed by atoms with Crippen molar-refractivity contribution >= 4 is 49.6 Å². The molecule has 3 aromatic carbocycles. The SMILES string of the molecule is COc1ccc(C(=O)C(=NNc2cc(Cl)ccc2Cl)S(=O)(=O)c2ccccc2)cc1. The van der Waals surface area contributed by atoms with Gasteiger partial charge >= 0.3 is 0 Å². The van der Waals surface area contributed by atoms with Gasteiger partial charge in [-0.2, -0.15) is 5.10 Å². The van der Waals surface area contributed by atoms with Gasteiger partial charge in [0.25, 0.3) is 0 Å². The maximum atomic E-state index is 13.2. The first-order valence-electron chi connectivity index (χ1n) is 8.60. The summed E-state index contributed by atoms with van der Waals surface area (Å²) in [5.74, 6) is -0.257. The number of hydrazone groups is 1. The number of nitrogens with one attached hydrogen (secondary N) is 1. The van der Waals surface area contributed by atoms with Gasteiger partial charge in [0, 0.05) is 10.6 Å². The van der Waals surface area contributed by atoms with E-state index in [9.17, 15) is 13.2 Å². The molecule has 9 heteroatoms. The average molecular weight is 463 g/mol. The van der Waals surface area contributed by atoms with Crippen molar-refractivity contribution in [1.29, 1.82) is 0 Å². The molecule has 0 radical (unpaired) electrons. The van der Waals surface area contributed by atoms with Crippen LogP contribution in [0.4, 0.5) is 5.69 Å². The number of ether oxygens (including phenoxy) is 1. The Balaban J connectivity index is 2.08. The van der Waals surface area contributed by atoms with E-state index in [1.165, 1.54) is 43.5 Å². The summed E-state index contributed by atoms with van der Waals surface area (Å²) in [5.41, 5.74) is 2.94. The number of carbonyl (C=O) groups excluding carboxylic acids is 1. The molecule has 6 nitrogen and oxygen atoms in total. The highest BCUT2D eigenvalue weighted by molar-refractivity contribution is 8.08. The molecular formula is C21H16Cl2N2O4S. The standard InChI is InChI=1S/C21H16Cl2N2O4S/c1-29-16-10-7-14(8-11-16)20(26)21(30(27,28)17-5-3-2-4-6-17)25-24-19-13-15(22)9-12-18(19)23/h2-13,24H,1H3. The minimum atomic E-state index is -4.23. The molecule has 0 fully saturated rings. The maximum Gasteiger partial charge on any atom is 0.229 e. The Bertz CT molecular complexity index is 1200. The van der Waals surface area contributed by atoms with E-state index in [1.54, 1.807) is 36.4 Å². The molecule has 1 N–H and O–H groups in total. The summed E-state index contributed by atoms with van der Waals surface area (Å²) in [6.45, 7) is 0. The molecule has 3 aromatic rings. The first-order chi connectivity index (χ1) is 14.3. The number of nitrogens with zero attached hydrogens (tertiary/aromatic N) is 1. The van der Waals surface area contributed by atoms with Crippen molar-refractivity contribution in [2.45, 2.75) is 4.90 Å². The summed E-state index contributed by atoms with van der Waals surface area (Å²) in [4.78, 5) is 13.0. The zero-order valence-electron chi connectivity index (χ0n) is 15.7. The lowest BCUT2D eigenvalue weighted by molar-refractivity contribution is 0.106. The molecule has 0 aliphatic heterocycles. The highest BCUT2D eigenvalue weighted by atomic mass is 35.5. The molecule has 0 amide bonds. The number of rotatable bonds is 6. The fourth-order valence-electron chi connectivity index (χ4n) is 2.50. The number of sulfone groups is 1. The lowest BCUT2D eigenvalue weighted by atomic mass is 10.1. The lowest BCUT2D eigenvalue weighted by Gasteiger charge is -2.10. The third-order valence-corrected chi connectivity index (χ3v) is 6.30. The first kappa shape index (κ1) is 21.8. The second-order valence-corrected chi connectivity index (χ2v) is 8.74. The zero-order chi connectivity index (χ0) is 21.7. The number of Topliss-reactive ketones (excluding diaryl/α,β-unsaturated/α-hetero) is 1. The predicted molar refractivity (Wildman–Crippen MR) is 118 cm³/mol. The monoisotopic (exact) mass is 462 g/mol. The molecule has 0 heterocycles. The topological polar surface area (TPSA) is 84.8 Å². The van der Waals surface area contributed by atoms with Gasteiger partial charge in [0.2, 0.25) is 20.7 Å². The van der Waals surface area contributed by atoms with Crippen LogP contribution in [0.3, 0.4) is 0 Å². The number of carbonyl (C=O) groups is 1. The van der Waals surface area contributed by atoms with Gasteiger partial charge in [-0.15, -0.1) is 0 Å². The molecular weight excluding hydrogens is 447 g/mol. The molecule has 0 unspecified atom stereocenters. The van der Waals surface area contributed by atoms with Crippen LogP contribution in [0.1, 0.15) is 10.4 Å². The summed E-state index contributed by atoms with van der Waals surface area (Å²) in [7, 11) is -2.74. The number of halogens is 2. The van der Waals surface area contributed by atoms with Crippen molar-refractivity contribution in [2.75, 3.05) is 12.5 Å². The molecule has 0 aliphatic carbocycles. The summed E-state index contributed by atoms with van der Waals surface area (Å²) in [6, 6.07) is 18.2. The first-order valence-corrected chi connectivity index (χ1v) is 10.8. The molecule has 154 valence electrons. The lowest BCUT2D eigenvalue weighted by Crippen LogP contribution is -2.26. The van der Waals surface area contributed by atoms with Gasteiger partial charge in [-0.3, -0.25) is 10.2 Å². The molecule has 0 saturated carbocycles. The van der Waals surface area contributed by atoms with E-state index < -0.39 is 20.7 Å². The summed E-state index contributed by atoms with van der Waals surface area (Å²) >= 11 is 12.1. The van der Waals surface area contributed by atoms with Crippen LogP contribution in [0.2, 0.25) is 10.0 Å². The second-order valence-electron chi connectivity index (χ2n) is 6.03. The minimum absolute atomic E-state index is 0.0652. The molecule has 3 rings (SSSR count). The van der Waals surface area contributed by atoms with Gasteiger partial charge in [0.1, 0.15) is 5.75 Å². The van der Waals surface area contributed by atoms with Crippen LogP contribution in [0.5, 0.6) is 5.75 Å². The van der Waals surface area contributed by atoms with Crippen molar-refractivity contribution in [3.8, 4) is 5.75 Å². The second kappa shape index (κ2) is 9.30. The van der Waals surface area contributed by atoms with Crippen molar-refractivity contribution < 1.29 is 17.9 Å². The number of benzene rings is 3. The van der Waals surface area contributed by atoms with Crippen LogP contribution in [0, 0.1) is 0 Å². The number of anilines is 1. The molecule has 0 saturated heterocycles. The predicted octanol–water partition coefficient (Wildman–Crippen LogP) is 5.08. The third-order valence-electron chi connectivity index (χ3n) is 4.06. The van der Waals surface area contributed by atoms with E-state index in [-0.39, 0.29) is 21.2 Å². The van der Waals surface area contributed by atoms with Crippen LogP contribution in [-0.4, -0.2) is 26.4 Å². The Hall–Kier alpha value is -2.87. The Morgan fingerprint density at radius 3 is 2.27 bits per heavy atom. The Labute approximate surface area is 184 Å². The Kier molecular flexibility index (Phi) is 6.77. The van der Waals surface area contributed by atoms with Crippen LogP contribution in [-0.2, 0) is 9.84 Å². The molecule has 0 aromatic heterocycles. The largest absolute Gasteiger partial charge is 0.497 e. The van der Waals surface area contributed by atoms with Crippen molar-refractivity contribution in [2.24, 2.45) is 5.10 Å². The van der Waals surface area contributed by atoms with Crippen LogP contribution < -0.4 is 10.2 Å². The number of methoxy groups -OCH3 is 1. The van der Waals surface area contributed by atoms with E-state index in [2.05, 4.69) is 10.5 Å². The van der Waals surface area contributed by atoms with E-state index in [4.69, 9.17) is 27.9 Å². The normalized spacial score (nSPS) is 11.8. The van der Waals surface area contributed by atoms with Gasteiger partial charge in [-0.25, -0.2) is 8.42 Å². The van der Waals surface area contributed by atoms with Crippen LogP contribution in [0.25, 0.3) is 0 Å². The molecule has 0 aliphatic rings. The number of hydrogen-bond acceptors (Lipinski definition) is 6. The average Bonchev–Trinajstić information content (AvgIpc) is 2.76. The molecule has 30 heavy (non-hydrogen) atoms. The van der Waals surface area contributed by atoms with Gasteiger partial charge in [0.05, 0.1) is 22.7 Å². The van der Waals surface area contributed by atoms with E-state index >= 15 is 0 Å². The van der Waals surface area contributed by atoms with Crippen molar-refractivity contribution in [3.63, 3.8) is 0 Å². The van der Waals surface area contributed by atoms with Gasteiger partial charge in [-0.05, 0) is 54.6 Å². The maximum absolute atomic E-state index is 13.2. The third kappa shape index (κ3) is 4.81. The van der Waals surface area contributed by atoms with Crippen molar-refractivity contribution in [3.05, 3.63) is 88.4 Å². The minimum Gasteiger partial charge on any atom is -0.497 e. The molecule has 0 spiro atoms. The van der Waals surface area contributed by atoms with Gasteiger partial charge in [-0.1, -0.05) is 41.4 Å². The van der Waals surface area contributed by atoms with Gasteiger partial charge < -0.3 is 4.74 Å². The molecule has 0 bridgehead atoms. The Morgan fingerprint density at radius 2 is 1.63 bits per heavy atom. The quantitative estimate of drug-likeness (QED) is 0.238. The number of ketones is 1. The zero-order valence-corrected chi connectivity index (χ0v) is 18.0. The van der Waals surface area contributed by atoms with Gasteiger partial charge in [0.15, 0.2) is 0 Å². The summed E-state index contributed by atoms with van der Waals surface area (Å²) in [6.07, 6.45) is 0.